The zero-order valence-corrected chi connectivity index (χ0v) is 10.1. The highest BCUT2D eigenvalue weighted by molar-refractivity contribution is 7.92. The first-order valence-corrected chi connectivity index (χ1v) is 6.64. The average Bonchev–Trinajstić information content (AvgIpc) is 2.23. The second-order valence-corrected chi connectivity index (χ2v) is 6.52. The molecule has 1 atom stereocenters. The van der Waals surface area contributed by atoms with Gasteiger partial charge in [0.2, 0.25) is 0 Å². The van der Waals surface area contributed by atoms with Gasteiger partial charge >= 0.3 is 0 Å². The number of halogens is 1. The molecule has 0 bridgehead atoms. The Bertz CT molecular complexity index is 565. The third-order valence-electron chi connectivity index (χ3n) is 2.69. The Morgan fingerprint density at radius 2 is 2.19 bits per heavy atom. The largest absolute Gasteiger partial charge is 0.411 e. The molecule has 1 aromatic rings. The van der Waals surface area contributed by atoms with E-state index in [0.29, 0.717) is 16.3 Å². The van der Waals surface area contributed by atoms with Crippen LogP contribution in [0, 0.1) is 0 Å². The van der Waals surface area contributed by atoms with E-state index in [0.717, 1.165) is 0 Å². The highest BCUT2D eigenvalue weighted by Gasteiger charge is 2.34. The van der Waals surface area contributed by atoms with Gasteiger partial charge in [-0.05, 0) is 25.1 Å². The molecule has 0 spiro atoms. The molecule has 1 aromatic carbocycles. The molecule has 1 N–H and O–H groups in total. The molecule has 0 saturated carbocycles. The van der Waals surface area contributed by atoms with Crippen molar-refractivity contribution in [1.29, 1.82) is 0 Å². The number of hydrogen-bond donors (Lipinski definition) is 1. The fraction of sp³-hybridized carbons (Fsp3) is 0.300. The van der Waals surface area contributed by atoms with Gasteiger partial charge in [-0.3, -0.25) is 0 Å². The highest BCUT2D eigenvalue weighted by Crippen LogP contribution is 2.31. The summed E-state index contributed by atoms with van der Waals surface area (Å²) in [6.45, 7) is 1.60. The Morgan fingerprint density at radius 1 is 1.50 bits per heavy atom. The molecule has 0 amide bonds. The molecule has 1 heterocycles. The van der Waals surface area contributed by atoms with E-state index in [1.54, 1.807) is 6.92 Å². The lowest BCUT2D eigenvalue weighted by molar-refractivity contribution is 0.317. The predicted molar refractivity (Wildman–Crippen MR) is 61.0 cm³/mol. The molecule has 86 valence electrons. The fourth-order valence-corrected chi connectivity index (χ4v) is 3.50. The summed E-state index contributed by atoms with van der Waals surface area (Å²) in [5.74, 6) is 0. The van der Waals surface area contributed by atoms with Crippen LogP contribution in [0.1, 0.15) is 18.9 Å². The van der Waals surface area contributed by atoms with Gasteiger partial charge in [-0.2, -0.15) is 0 Å². The maximum atomic E-state index is 12.0. The summed E-state index contributed by atoms with van der Waals surface area (Å²) in [5.41, 5.74) is 0.757. The minimum absolute atomic E-state index is 0.184. The molecule has 1 aliphatic heterocycles. The van der Waals surface area contributed by atoms with Gasteiger partial charge in [-0.1, -0.05) is 16.8 Å². The molecule has 1 aliphatic rings. The molecule has 2 rings (SSSR count). The van der Waals surface area contributed by atoms with Crippen LogP contribution in [-0.2, 0) is 9.84 Å². The quantitative estimate of drug-likeness (QED) is 0.573. The van der Waals surface area contributed by atoms with Crippen molar-refractivity contribution >= 4 is 27.1 Å². The van der Waals surface area contributed by atoms with E-state index in [-0.39, 0.29) is 11.3 Å². The van der Waals surface area contributed by atoms with Crippen LogP contribution < -0.4 is 0 Å². The van der Waals surface area contributed by atoms with Crippen molar-refractivity contribution in [2.24, 2.45) is 5.16 Å². The summed E-state index contributed by atoms with van der Waals surface area (Å²) < 4.78 is 24.0. The Morgan fingerprint density at radius 3 is 2.81 bits per heavy atom. The second-order valence-electron chi connectivity index (χ2n) is 3.75. The maximum absolute atomic E-state index is 12.0. The van der Waals surface area contributed by atoms with Gasteiger partial charge in [0.15, 0.2) is 9.84 Å². The topological polar surface area (TPSA) is 66.7 Å². The zero-order valence-electron chi connectivity index (χ0n) is 8.51. The van der Waals surface area contributed by atoms with Crippen LogP contribution in [-0.4, -0.2) is 24.6 Å². The van der Waals surface area contributed by atoms with Gasteiger partial charge in [-0.15, -0.1) is 0 Å². The molecule has 0 aromatic heterocycles. The van der Waals surface area contributed by atoms with Gasteiger partial charge in [0.25, 0.3) is 0 Å². The summed E-state index contributed by atoms with van der Waals surface area (Å²) in [5, 5.41) is 11.9. The molecule has 0 fully saturated rings. The highest BCUT2D eigenvalue weighted by atomic mass is 35.5. The first kappa shape index (κ1) is 11.4. The number of sulfone groups is 1. The minimum Gasteiger partial charge on any atom is -0.411 e. The van der Waals surface area contributed by atoms with Crippen LogP contribution in [0.5, 0.6) is 0 Å². The molecule has 0 saturated heterocycles. The molecule has 1 unspecified atom stereocenters. The first-order chi connectivity index (χ1) is 7.46. The average molecular weight is 260 g/mol. The van der Waals surface area contributed by atoms with Crippen molar-refractivity contribution in [2.45, 2.75) is 23.5 Å². The smallest absolute Gasteiger partial charge is 0.182 e. The molecule has 0 radical (unpaired) electrons. The summed E-state index contributed by atoms with van der Waals surface area (Å²) in [4.78, 5) is 0.184. The van der Waals surface area contributed by atoms with Crippen molar-refractivity contribution in [3.63, 3.8) is 0 Å². The third kappa shape index (κ3) is 1.60. The molecule has 0 aliphatic carbocycles. The predicted octanol–water partition coefficient (Wildman–Crippen LogP) is 2.08. The standard InChI is InChI=1S/C10H10ClNO3S/c1-6-4-9(12-13)8-5-7(11)2-3-10(8)16(6,14)15/h2-3,5-6,13H,4H2,1H3. The van der Waals surface area contributed by atoms with Crippen molar-refractivity contribution in [3.05, 3.63) is 28.8 Å². The van der Waals surface area contributed by atoms with Crippen molar-refractivity contribution in [2.75, 3.05) is 0 Å². The van der Waals surface area contributed by atoms with Crippen LogP contribution in [0.4, 0.5) is 0 Å². The van der Waals surface area contributed by atoms with E-state index in [2.05, 4.69) is 5.16 Å². The van der Waals surface area contributed by atoms with Gasteiger partial charge in [0.1, 0.15) is 0 Å². The number of rotatable bonds is 0. The third-order valence-corrected chi connectivity index (χ3v) is 5.12. The van der Waals surface area contributed by atoms with E-state index < -0.39 is 15.1 Å². The number of hydrogen-bond acceptors (Lipinski definition) is 4. The first-order valence-electron chi connectivity index (χ1n) is 4.71. The van der Waals surface area contributed by atoms with E-state index in [9.17, 15) is 8.42 Å². The lowest BCUT2D eigenvalue weighted by Gasteiger charge is -2.22. The van der Waals surface area contributed by atoms with E-state index >= 15 is 0 Å². The monoisotopic (exact) mass is 259 g/mol. The second kappa shape index (κ2) is 3.75. The van der Waals surface area contributed by atoms with Crippen LogP contribution in [0.3, 0.4) is 0 Å². The number of nitrogens with zero attached hydrogens (tertiary/aromatic N) is 1. The molecule has 4 nitrogen and oxygen atoms in total. The van der Waals surface area contributed by atoms with Crippen molar-refractivity contribution in [1.82, 2.24) is 0 Å². The SMILES string of the molecule is CC1CC(=NO)c2cc(Cl)ccc2S1(=O)=O. The van der Waals surface area contributed by atoms with Gasteiger partial charge in [0.05, 0.1) is 15.9 Å². The lowest BCUT2D eigenvalue weighted by atomic mass is 10.1. The Balaban J connectivity index is 2.77. The van der Waals surface area contributed by atoms with E-state index in [1.165, 1.54) is 18.2 Å². The maximum Gasteiger partial charge on any atom is 0.182 e. The Labute approximate surface area is 98.5 Å². The van der Waals surface area contributed by atoms with Gasteiger partial charge in [-0.25, -0.2) is 8.42 Å². The van der Waals surface area contributed by atoms with Crippen LogP contribution in [0.15, 0.2) is 28.3 Å². The van der Waals surface area contributed by atoms with Crippen molar-refractivity contribution in [3.8, 4) is 0 Å². The Kier molecular flexibility index (Phi) is 2.67. The minimum atomic E-state index is -3.33. The molecular weight excluding hydrogens is 250 g/mol. The van der Waals surface area contributed by atoms with Crippen molar-refractivity contribution < 1.29 is 13.6 Å². The molecule has 6 heteroatoms. The fourth-order valence-electron chi connectivity index (χ4n) is 1.78. The zero-order chi connectivity index (χ0) is 11.9. The number of fused-ring (bicyclic) bond motifs is 1. The number of benzene rings is 1. The molecular formula is C10H10ClNO3S. The number of oxime groups is 1. The summed E-state index contributed by atoms with van der Waals surface area (Å²) in [6.07, 6.45) is 0.201. The molecule has 16 heavy (non-hydrogen) atoms. The van der Waals surface area contributed by atoms with E-state index in [1.807, 2.05) is 0 Å². The van der Waals surface area contributed by atoms with E-state index in [4.69, 9.17) is 16.8 Å². The Hall–Kier alpha value is -1.07. The summed E-state index contributed by atoms with van der Waals surface area (Å²) in [6, 6.07) is 4.48. The van der Waals surface area contributed by atoms with Crippen LogP contribution >= 0.6 is 11.6 Å². The lowest BCUT2D eigenvalue weighted by Crippen LogP contribution is -2.29. The van der Waals surface area contributed by atoms with Crippen LogP contribution in [0.2, 0.25) is 5.02 Å². The normalized spacial score (nSPS) is 25.4. The van der Waals surface area contributed by atoms with Gasteiger partial charge in [0, 0.05) is 17.0 Å². The van der Waals surface area contributed by atoms with Gasteiger partial charge < -0.3 is 5.21 Å². The summed E-state index contributed by atoms with van der Waals surface area (Å²) in [7, 11) is -3.33. The summed E-state index contributed by atoms with van der Waals surface area (Å²) >= 11 is 5.80. The van der Waals surface area contributed by atoms with Crippen LogP contribution in [0.25, 0.3) is 0 Å².